The minimum absolute atomic E-state index is 0.0376. The third-order valence-corrected chi connectivity index (χ3v) is 2.80. The van der Waals surface area contributed by atoms with Gasteiger partial charge < -0.3 is 9.67 Å². The molecule has 0 radical (unpaired) electrons. The standard InChI is InChI=1S/C13H13NO3/c1-3-14-11(13(16)17)7-9-6-8(2)4-5-10(9)12(14)15/h4-7H,3H2,1-2H3,(H,16,17). The van der Waals surface area contributed by atoms with Crippen LogP contribution in [0.4, 0.5) is 0 Å². The summed E-state index contributed by atoms with van der Waals surface area (Å²) in [5.41, 5.74) is 0.792. The van der Waals surface area contributed by atoms with Gasteiger partial charge >= 0.3 is 5.97 Å². The monoisotopic (exact) mass is 231 g/mol. The first kappa shape index (κ1) is 11.4. The van der Waals surface area contributed by atoms with Crippen LogP contribution in [0.3, 0.4) is 0 Å². The van der Waals surface area contributed by atoms with E-state index >= 15 is 0 Å². The summed E-state index contributed by atoms with van der Waals surface area (Å²) < 4.78 is 1.28. The molecule has 1 aromatic heterocycles. The van der Waals surface area contributed by atoms with Gasteiger partial charge in [0.05, 0.1) is 0 Å². The molecule has 88 valence electrons. The molecule has 17 heavy (non-hydrogen) atoms. The van der Waals surface area contributed by atoms with E-state index in [2.05, 4.69) is 0 Å². The molecule has 2 aromatic rings. The lowest BCUT2D eigenvalue weighted by Gasteiger charge is -2.09. The first-order chi connectivity index (χ1) is 8.04. The third kappa shape index (κ3) is 1.82. The Morgan fingerprint density at radius 2 is 2.06 bits per heavy atom. The minimum atomic E-state index is -1.08. The highest BCUT2D eigenvalue weighted by atomic mass is 16.4. The molecular formula is C13H13NO3. The lowest BCUT2D eigenvalue weighted by atomic mass is 10.1. The number of pyridine rings is 1. The molecule has 1 heterocycles. The summed E-state index contributed by atoms with van der Waals surface area (Å²) in [7, 11) is 0. The van der Waals surface area contributed by atoms with Crippen LogP contribution in [0.25, 0.3) is 10.8 Å². The molecule has 2 rings (SSSR count). The lowest BCUT2D eigenvalue weighted by molar-refractivity contribution is 0.0684. The van der Waals surface area contributed by atoms with Gasteiger partial charge in [-0.1, -0.05) is 17.7 Å². The molecule has 4 nitrogen and oxygen atoms in total. The molecule has 4 heteroatoms. The number of hydrogen-bond donors (Lipinski definition) is 1. The number of aryl methyl sites for hydroxylation is 1. The van der Waals surface area contributed by atoms with Crippen LogP contribution in [0.2, 0.25) is 0 Å². The van der Waals surface area contributed by atoms with Gasteiger partial charge in [-0.3, -0.25) is 4.79 Å². The van der Waals surface area contributed by atoms with Crippen LogP contribution in [0.1, 0.15) is 23.0 Å². The highest BCUT2D eigenvalue weighted by molar-refractivity contribution is 5.92. The summed E-state index contributed by atoms with van der Waals surface area (Å²) in [4.78, 5) is 23.2. The van der Waals surface area contributed by atoms with E-state index in [1.807, 2.05) is 19.1 Å². The number of benzene rings is 1. The fraction of sp³-hybridized carbons (Fsp3) is 0.231. The van der Waals surface area contributed by atoms with E-state index in [1.165, 1.54) is 4.57 Å². The number of nitrogens with zero attached hydrogens (tertiary/aromatic N) is 1. The fourth-order valence-corrected chi connectivity index (χ4v) is 1.97. The second-order valence-corrected chi connectivity index (χ2v) is 3.97. The second-order valence-electron chi connectivity index (χ2n) is 3.97. The van der Waals surface area contributed by atoms with Crippen LogP contribution in [0.15, 0.2) is 29.1 Å². The van der Waals surface area contributed by atoms with Gasteiger partial charge in [0, 0.05) is 11.9 Å². The molecule has 0 spiro atoms. The quantitative estimate of drug-likeness (QED) is 0.860. The van der Waals surface area contributed by atoms with Crippen LogP contribution < -0.4 is 5.56 Å². The number of carbonyl (C=O) groups is 1. The summed E-state index contributed by atoms with van der Waals surface area (Å²) in [6.45, 7) is 4.02. The van der Waals surface area contributed by atoms with Gasteiger partial charge in [0.1, 0.15) is 5.69 Å². The SMILES string of the molecule is CCn1c(C(=O)O)cc2cc(C)ccc2c1=O. The van der Waals surface area contributed by atoms with Crippen molar-refractivity contribution in [3.63, 3.8) is 0 Å². The Hall–Kier alpha value is -2.10. The van der Waals surface area contributed by atoms with Crippen molar-refractivity contribution in [1.82, 2.24) is 4.57 Å². The molecule has 0 amide bonds. The van der Waals surface area contributed by atoms with Gasteiger partial charge in [-0.05, 0) is 31.4 Å². The predicted molar refractivity (Wildman–Crippen MR) is 65.6 cm³/mol. The van der Waals surface area contributed by atoms with Crippen molar-refractivity contribution in [3.05, 3.63) is 45.9 Å². The number of aromatic carboxylic acids is 1. The molecule has 0 unspecified atom stereocenters. The average Bonchev–Trinajstić information content (AvgIpc) is 2.28. The van der Waals surface area contributed by atoms with Crippen LogP contribution in [-0.4, -0.2) is 15.6 Å². The Morgan fingerprint density at radius 1 is 1.35 bits per heavy atom. The zero-order chi connectivity index (χ0) is 12.6. The van der Waals surface area contributed by atoms with Crippen LogP contribution in [0.5, 0.6) is 0 Å². The molecule has 0 aliphatic carbocycles. The summed E-state index contributed by atoms with van der Waals surface area (Å²) in [6, 6.07) is 6.97. The zero-order valence-corrected chi connectivity index (χ0v) is 9.73. The minimum Gasteiger partial charge on any atom is -0.477 e. The van der Waals surface area contributed by atoms with Crippen molar-refractivity contribution in [3.8, 4) is 0 Å². The van der Waals surface area contributed by atoms with Crippen molar-refractivity contribution in [2.24, 2.45) is 0 Å². The second kappa shape index (κ2) is 4.05. The normalized spacial score (nSPS) is 10.7. The maximum Gasteiger partial charge on any atom is 0.352 e. The zero-order valence-electron chi connectivity index (χ0n) is 9.73. The number of rotatable bonds is 2. The van der Waals surface area contributed by atoms with E-state index in [4.69, 9.17) is 5.11 Å². The largest absolute Gasteiger partial charge is 0.477 e. The molecule has 0 saturated heterocycles. The molecular weight excluding hydrogens is 218 g/mol. The van der Waals surface area contributed by atoms with E-state index < -0.39 is 5.97 Å². The highest BCUT2D eigenvalue weighted by Crippen LogP contribution is 2.14. The van der Waals surface area contributed by atoms with Crippen molar-refractivity contribution < 1.29 is 9.90 Å². The van der Waals surface area contributed by atoms with Crippen molar-refractivity contribution in [1.29, 1.82) is 0 Å². The van der Waals surface area contributed by atoms with Gasteiger partial charge in [-0.15, -0.1) is 0 Å². The van der Waals surface area contributed by atoms with E-state index in [0.717, 1.165) is 5.56 Å². The Kier molecular flexibility index (Phi) is 2.71. The number of fused-ring (bicyclic) bond motifs is 1. The van der Waals surface area contributed by atoms with Gasteiger partial charge in [-0.25, -0.2) is 4.79 Å². The molecule has 1 N–H and O–H groups in total. The fourth-order valence-electron chi connectivity index (χ4n) is 1.97. The van der Waals surface area contributed by atoms with Gasteiger partial charge in [0.25, 0.3) is 5.56 Å². The van der Waals surface area contributed by atoms with Crippen LogP contribution in [0, 0.1) is 6.92 Å². The maximum atomic E-state index is 12.1. The topological polar surface area (TPSA) is 59.3 Å². The first-order valence-electron chi connectivity index (χ1n) is 5.42. The Balaban J connectivity index is 2.93. The summed E-state index contributed by atoms with van der Waals surface area (Å²) >= 11 is 0. The van der Waals surface area contributed by atoms with E-state index in [1.54, 1.807) is 19.1 Å². The summed E-state index contributed by atoms with van der Waals surface area (Å²) in [6.07, 6.45) is 0. The van der Waals surface area contributed by atoms with Crippen molar-refractivity contribution in [2.45, 2.75) is 20.4 Å². The molecule has 0 aliphatic rings. The number of carboxylic acids is 1. The smallest absolute Gasteiger partial charge is 0.352 e. The molecule has 0 atom stereocenters. The number of carboxylic acid groups (broad SMARTS) is 1. The first-order valence-corrected chi connectivity index (χ1v) is 5.42. The van der Waals surface area contributed by atoms with Crippen LogP contribution in [-0.2, 0) is 6.54 Å². The van der Waals surface area contributed by atoms with Crippen LogP contribution >= 0.6 is 0 Å². The molecule has 0 aliphatic heterocycles. The lowest BCUT2D eigenvalue weighted by Crippen LogP contribution is -2.25. The van der Waals surface area contributed by atoms with Gasteiger partial charge in [0.2, 0.25) is 0 Å². The van der Waals surface area contributed by atoms with Gasteiger partial charge in [-0.2, -0.15) is 0 Å². The Bertz CT molecular complexity index is 655. The summed E-state index contributed by atoms with van der Waals surface area (Å²) in [5, 5.41) is 10.3. The summed E-state index contributed by atoms with van der Waals surface area (Å²) in [5.74, 6) is -1.08. The predicted octanol–water partition coefficient (Wildman–Crippen LogP) is 2.03. The number of aromatic nitrogens is 1. The van der Waals surface area contributed by atoms with E-state index in [0.29, 0.717) is 17.3 Å². The Labute approximate surface area is 98.1 Å². The van der Waals surface area contributed by atoms with Gasteiger partial charge in [0.15, 0.2) is 0 Å². The van der Waals surface area contributed by atoms with E-state index in [-0.39, 0.29) is 11.3 Å². The van der Waals surface area contributed by atoms with Crippen molar-refractivity contribution >= 4 is 16.7 Å². The molecule has 0 saturated carbocycles. The maximum absolute atomic E-state index is 12.1. The van der Waals surface area contributed by atoms with E-state index in [9.17, 15) is 9.59 Å². The molecule has 0 bridgehead atoms. The molecule has 1 aromatic carbocycles. The molecule has 0 fully saturated rings. The Morgan fingerprint density at radius 3 is 2.65 bits per heavy atom. The number of hydrogen-bond acceptors (Lipinski definition) is 2. The highest BCUT2D eigenvalue weighted by Gasteiger charge is 2.13. The van der Waals surface area contributed by atoms with Crippen molar-refractivity contribution in [2.75, 3.05) is 0 Å². The average molecular weight is 231 g/mol. The third-order valence-electron chi connectivity index (χ3n) is 2.80.